The van der Waals surface area contributed by atoms with E-state index in [0.717, 1.165) is 23.2 Å². The van der Waals surface area contributed by atoms with Gasteiger partial charge in [-0.3, -0.25) is 4.79 Å². The molecule has 0 radical (unpaired) electrons. The molecule has 1 aromatic heterocycles. The first-order chi connectivity index (χ1) is 10.1. The second kappa shape index (κ2) is 7.22. The Bertz CT molecular complexity index is 609. The van der Waals surface area contributed by atoms with Gasteiger partial charge in [0.1, 0.15) is 5.82 Å². The van der Waals surface area contributed by atoms with Crippen molar-refractivity contribution in [2.75, 3.05) is 23.3 Å². The average Bonchev–Trinajstić information content (AvgIpc) is 2.50. The van der Waals surface area contributed by atoms with E-state index in [0.29, 0.717) is 11.4 Å². The first-order valence-electron chi connectivity index (χ1n) is 6.92. The van der Waals surface area contributed by atoms with E-state index in [2.05, 4.69) is 45.0 Å². The Morgan fingerprint density at radius 2 is 2.00 bits per heavy atom. The zero-order valence-electron chi connectivity index (χ0n) is 12.1. The molecule has 0 saturated carbocycles. The van der Waals surface area contributed by atoms with Crippen molar-refractivity contribution in [3.8, 4) is 0 Å². The van der Waals surface area contributed by atoms with Crippen LogP contribution in [0.25, 0.3) is 0 Å². The van der Waals surface area contributed by atoms with Crippen molar-refractivity contribution < 1.29 is 4.79 Å². The van der Waals surface area contributed by atoms with Gasteiger partial charge in [0.15, 0.2) is 0 Å². The molecule has 1 N–H and O–H groups in total. The number of nitrogens with one attached hydrogen (secondary N) is 1. The highest BCUT2D eigenvalue weighted by Crippen LogP contribution is 2.16. The SMILES string of the molecule is CCN(CC)c1ccc(NC(=O)c2cccc(Br)c2)nc1. The third kappa shape index (κ3) is 4.04. The van der Waals surface area contributed by atoms with Crippen LogP contribution >= 0.6 is 15.9 Å². The van der Waals surface area contributed by atoms with Gasteiger partial charge in [0.2, 0.25) is 0 Å². The van der Waals surface area contributed by atoms with Gasteiger partial charge >= 0.3 is 0 Å². The first-order valence-corrected chi connectivity index (χ1v) is 7.71. The Labute approximate surface area is 133 Å². The molecule has 0 atom stereocenters. The summed E-state index contributed by atoms with van der Waals surface area (Å²) in [4.78, 5) is 18.6. The van der Waals surface area contributed by atoms with Gasteiger partial charge in [-0.2, -0.15) is 0 Å². The van der Waals surface area contributed by atoms with Crippen molar-refractivity contribution >= 4 is 33.3 Å². The van der Waals surface area contributed by atoms with E-state index in [1.54, 1.807) is 18.3 Å². The minimum atomic E-state index is -0.167. The Kier molecular flexibility index (Phi) is 5.33. The molecule has 4 nitrogen and oxygen atoms in total. The number of carbonyl (C=O) groups excluding carboxylic acids is 1. The van der Waals surface area contributed by atoms with Gasteiger partial charge in [-0.1, -0.05) is 22.0 Å². The third-order valence-corrected chi connectivity index (χ3v) is 3.70. The molecule has 21 heavy (non-hydrogen) atoms. The molecule has 0 bridgehead atoms. The summed E-state index contributed by atoms with van der Waals surface area (Å²) >= 11 is 3.36. The maximum Gasteiger partial charge on any atom is 0.256 e. The second-order valence-electron chi connectivity index (χ2n) is 4.54. The van der Waals surface area contributed by atoms with Crippen LogP contribution < -0.4 is 10.2 Å². The normalized spacial score (nSPS) is 10.2. The van der Waals surface area contributed by atoms with Crippen molar-refractivity contribution in [2.24, 2.45) is 0 Å². The third-order valence-electron chi connectivity index (χ3n) is 3.20. The Hall–Kier alpha value is -1.88. The topological polar surface area (TPSA) is 45.2 Å². The Morgan fingerprint density at radius 3 is 2.57 bits per heavy atom. The molecule has 1 heterocycles. The monoisotopic (exact) mass is 347 g/mol. The maximum atomic E-state index is 12.1. The molecule has 2 rings (SSSR count). The molecule has 1 amide bonds. The summed E-state index contributed by atoms with van der Waals surface area (Å²) in [6, 6.07) is 11.0. The molecule has 0 saturated heterocycles. The van der Waals surface area contributed by atoms with Crippen LogP contribution in [0.15, 0.2) is 47.1 Å². The van der Waals surface area contributed by atoms with Gasteiger partial charge in [-0.15, -0.1) is 0 Å². The summed E-state index contributed by atoms with van der Waals surface area (Å²) in [6.07, 6.45) is 1.78. The van der Waals surface area contributed by atoms with Crippen molar-refractivity contribution in [1.82, 2.24) is 4.98 Å². The van der Waals surface area contributed by atoms with E-state index in [-0.39, 0.29) is 5.91 Å². The summed E-state index contributed by atoms with van der Waals surface area (Å²) in [7, 11) is 0. The van der Waals surface area contributed by atoms with E-state index >= 15 is 0 Å². The summed E-state index contributed by atoms with van der Waals surface area (Å²) < 4.78 is 0.875. The van der Waals surface area contributed by atoms with Gasteiger partial charge in [0, 0.05) is 23.1 Å². The lowest BCUT2D eigenvalue weighted by Gasteiger charge is -2.20. The molecule has 0 aliphatic heterocycles. The maximum absolute atomic E-state index is 12.1. The largest absolute Gasteiger partial charge is 0.371 e. The molecule has 1 aromatic carbocycles. The van der Waals surface area contributed by atoms with E-state index in [4.69, 9.17) is 0 Å². The number of hydrogen-bond donors (Lipinski definition) is 1. The number of aromatic nitrogens is 1. The van der Waals surface area contributed by atoms with E-state index in [1.165, 1.54) is 0 Å². The molecule has 0 aliphatic carbocycles. The number of pyridine rings is 1. The van der Waals surface area contributed by atoms with Crippen LogP contribution in [0.5, 0.6) is 0 Å². The van der Waals surface area contributed by atoms with Crippen LogP contribution in [0.3, 0.4) is 0 Å². The van der Waals surface area contributed by atoms with E-state index < -0.39 is 0 Å². The number of rotatable bonds is 5. The fourth-order valence-electron chi connectivity index (χ4n) is 2.05. The van der Waals surface area contributed by atoms with Gasteiger partial charge in [0.25, 0.3) is 5.91 Å². The number of amides is 1. The predicted molar refractivity (Wildman–Crippen MR) is 89.9 cm³/mol. The molecular weight excluding hydrogens is 330 g/mol. The molecule has 2 aromatic rings. The lowest BCUT2D eigenvalue weighted by atomic mass is 10.2. The molecule has 5 heteroatoms. The molecule has 0 unspecified atom stereocenters. The lowest BCUT2D eigenvalue weighted by Crippen LogP contribution is -2.22. The summed E-state index contributed by atoms with van der Waals surface area (Å²) in [5.41, 5.74) is 1.65. The molecule has 110 valence electrons. The van der Waals surface area contributed by atoms with Crippen LogP contribution in [0.2, 0.25) is 0 Å². The Morgan fingerprint density at radius 1 is 1.24 bits per heavy atom. The van der Waals surface area contributed by atoms with Crippen LogP contribution in [-0.2, 0) is 0 Å². The van der Waals surface area contributed by atoms with E-state index in [9.17, 15) is 4.79 Å². The van der Waals surface area contributed by atoms with Crippen molar-refractivity contribution in [1.29, 1.82) is 0 Å². The Balaban J connectivity index is 2.08. The smallest absolute Gasteiger partial charge is 0.256 e. The summed E-state index contributed by atoms with van der Waals surface area (Å²) in [6.45, 7) is 6.07. The van der Waals surface area contributed by atoms with Crippen molar-refractivity contribution in [3.05, 3.63) is 52.6 Å². The highest BCUT2D eigenvalue weighted by Gasteiger charge is 2.08. The van der Waals surface area contributed by atoms with E-state index in [1.807, 2.05) is 24.3 Å². The van der Waals surface area contributed by atoms with Crippen molar-refractivity contribution in [3.63, 3.8) is 0 Å². The number of carbonyl (C=O) groups is 1. The van der Waals surface area contributed by atoms with Crippen molar-refractivity contribution in [2.45, 2.75) is 13.8 Å². The molecule has 0 spiro atoms. The van der Waals surface area contributed by atoms with Crippen LogP contribution in [0, 0.1) is 0 Å². The number of hydrogen-bond acceptors (Lipinski definition) is 3. The zero-order chi connectivity index (χ0) is 15.2. The molecular formula is C16H18BrN3O. The summed E-state index contributed by atoms with van der Waals surface area (Å²) in [5.74, 6) is 0.385. The molecule has 0 fully saturated rings. The predicted octanol–water partition coefficient (Wildman–Crippen LogP) is 3.94. The minimum absolute atomic E-state index is 0.167. The minimum Gasteiger partial charge on any atom is -0.371 e. The standard InChI is InChI=1S/C16H18BrN3O/c1-3-20(4-2)14-8-9-15(18-11-14)19-16(21)12-6-5-7-13(17)10-12/h5-11H,3-4H2,1-2H3,(H,18,19,21). The summed E-state index contributed by atoms with van der Waals surface area (Å²) in [5, 5.41) is 2.80. The first kappa shape index (κ1) is 15.5. The highest BCUT2D eigenvalue weighted by atomic mass is 79.9. The van der Waals surface area contributed by atoms with Gasteiger partial charge in [-0.25, -0.2) is 4.98 Å². The second-order valence-corrected chi connectivity index (χ2v) is 5.45. The quantitative estimate of drug-likeness (QED) is 0.890. The number of nitrogens with zero attached hydrogens (tertiary/aromatic N) is 2. The number of halogens is 1. The van der Waals surface area contributed by atoms with Crippen LogP contribution in [-0.4, -0.2) is 24.0 Å². The van der Waals surface area contributed by atoms with Crippen LogP contribution in [0.1, 0.15) is 24.2 Å². The zero-order valence-corrected chi connectivity index (χ0v) is 13.7. The van der Waals surface area contributed by atoms with Gasteiger partial charge in [-0.05, 0) is 44.2 Å². The highest BCUT2D eigenvalue weighted by molar-refractivity contribution is 9.10. The van der Waals surface area contributed by atoms with Crippen LogP contribution in [0.4, 0.5) is 11.5 Å². The fraction of sp³-hybridized carbons (Fsp3) is 0.250. The van der Waals surface area contributed by atoms with Gasteiger partial charge in [0.05, 0.1) is 11.9 Å². The van der Waals surface area contributed by atoms with Gasteiger partial charge < -0.3 is 10.2 Å². The lowest BCUT2D eigenvalue weighted by molar-refractivity contribution is 0.102. The number of anilines is 2. The fourth-order valence-corrected chi connectivity index (χ4v) is 2.45. The molecule has 0 aliphatic rings. The number of benzene rings is 1. The average molecular weight is 348 g/mol.